The van der Waals surface area contributed by atoms with Crippen molar-refractivity contribution in [3.63, 3.8) is 0 Å². The molecule has 0 bridgehead atoms. The molecule has 0 unspecified atom stereocenters. The van der Waals surface area contributed by atoms with Crippen LogP contribution in [0, 0.1) is 0 Å². The van der Waals surface area contributed by atoms with E-state index in [0.29, 0.717) is 11.3 Å². The van der Waals surface area contributed by atoms with Gasteiger partial charge in [0.1, 0.15) is 0 Å². The molecule has 0 radical (unpaired) electrons. The topological polar surface area (TPSA) is 67.8 Å². The lowest BCUT2D eigenvalue weighted by Crippen LogP contribution is -2.27. The van der Waals surface area contributed by atoms with Crippen molar-refractivity contribution < 1.29 is 4.79 Å². The van der Waals surface area contributed by atoms with E-state index in [1.54, 1.807) is 24.1 Å². The van der Waals surface area contributed by atoms with E-state index in [-0.39, 0.29) is 11.9 Å². The van der Waals surface area contributed by atoms with Crippen LogP contribution < -0.4 is 5.32 Å². The van der Waals surface area contributed by atoms with Crippen LogP contribution in [0.2, 0.25) is 0 Å². The van der Waals surface area contributed by atoms with Gasteiger partial charge in [0.25, 0.3) is 5.91 Å². The molecule has 0 aliphatic rings. The van der Waals surface area contributed by atoms with Gasteiger partial charge in [-0.1, -0.05) is 36.4 Å². The number of aromatic nitrogens is 3. The number of fused-ring (bicyclic) bond motifs is 1. The van der Waals surface area contributed by atoms with Crippen LogP contribution in [0.1, 0.15) is 28.9 Å². The van der Waals surface area contributed by atoms with Gasteiger partial charge in [-0.15, -0.1) is 11.3 Å². The number of rotatable bonds is 5. The number of carbonyl (C=O) groups excluding carboxylic acids is 1. The minimum absolute atomic E-state index is 0.170. The molecule has 0 spiro atoms. The van der Waals surface area contributed by atoms with Gasteiger partial charge in [-0.3, -0.25) is 14.8 Å². The number of nitrogens with one attached hydrogen (secondary N) is 1. The van der Waals surface area contributed by atoms with E-state index in [4.69, 9.17) is 0 Å². The normalized spacial score (nSPS) is 11.9. The third-order valence-electron chi connectivity index (χ3n) is 5.42. The Morgan fingerprint density at radius 2 is 1.81 bits per heavy atom. The smallest absolute Gasteiger partial charge is 0.253 e. The third kappa shape index (κ3) is 4.00. The molecule has 0 aliphatic carbocycles. The van der Waals surface area contributed by atoms with E-state index in [0.717, 1.165) is 27.8 Å². The van der Waals surface area contributed by atoms with Crippen molar-refractivity contribution in [2.24, 2.45) is 0 Å². The molecule has 3 heterocycles. The zero-order valence-corrected chi connectivity index (χ0v) is 18.2. The fourth-order valence-electron chi connectivity index (χ4n) is 3.70. The number of benzene rings is 2. The Balaban J connectivity index is 1.50. The quantitative estimate of drug-likeness (QED) is 0.372. The van der Waals surface area contributed by atoms with E-state index in [1.165, 1.54) is 16.7 Å². The molecule has 1 atom stereocenters. The van der Waals surface area contributed by atoms with E-state index in [2.05, 4.69) is 50.6 Å². The number of thiazole rings is 1. The van der Waals surface area contributed by atoms with Crippen LogP contribution in [-0.4, -0.2) is 20.9 Å². The first-order valence-corrected chi connectivity index (χ1v) is 11.2. The summed E-state index contributed by atoms with van der Waals surface area (Å²) >= 11 is 1.51. The van der Waals surface area contributed by atoms with E-state index >= 15 is 0 Å². The Bertz CT molecular complexity index is 1380. The molecule has 1 amide bonds. The Hall–Kier alpha value is -3.90. The molecule has 0 fully saturated rings. The Kier molecular flexibility index (Phi) is 5.44. The van der Waals surface area contributed by atoms with Gasteiger partial charge in [-0.2, -0.15) is 0 Å². The maximum absolute atomic E-state index is 13.4. The first kappa shape index (κ1) is 20.0. The fraction of sp³-hybridized carbons (Fsp3) is 0.0769. The van der Waals surface area contributed by atoms with E-state index in [1.807, 2.05) is 42.6 Å². The third-order valence-corrected chi connectivity index (χ3v) is 6.00. The molecule has 1 N–H and O–H groups in total. The standard InChI is InChI=1S/C26H20N4OS/c1-17(19-9-8-18-5-2-3-6-20(18)11-19)30-26(31)23-12-22(24-15-32-16-29-24)14-28-25(23)21-7-4-10-27-13-21/h2-17H,1H3,(H,30,31)/t17-/m1/s1. The maximum Gasteiger partial charge on any atom is 0.253 e. The highest BCUT2D eigenvalue weighted by molar-refractivity contribution is 7.07. The summed E-state index contributed by atoms with van der Waals surface area (Å²) in [5.41, 5.74) is 6.31. The van der Waals surface area contributed by atoms with Crippen molar-refractivity contribution in [2.45, 2.75) is 13.0 Å². The SMILES string of the molecule is C[C@@H](NC(=O)c1cc(-c2cscn2)cnc1-c1cccnc1)c1ccc2ccccc2c1. The molecule has 32 heavy (non-hydrogen) atoms. The van der Waals surface area contributed by atoms with Gasteiger partial charge in [0.15, 0.2) is 0 Å². The number of nitrogens with zero attached hydrogens (tertiary/aromatic N) is 3. The Morgan fingerprint density at radius 1 is 0.938 bits per heavy atom. The second-order valence-electron chi connectivity index (χ2n) is 7.54. The summed E-state index contributed by atoms with van der Waals surface area (Å²) in [6.45, 7) is 1.99. The first-order chi connectivity index (χ1) is 15.7. The Morgan fingerprint density at radius 3 is 2.59 bits per heavy atom. The molecule has 0 saturated carbocycles. The first-order valence-electron chi connectivity index (χ1n) is 10.3. The van der Waals surface area contributed by atoms with Gasteiger partial charge < -0.3 is 5.32 Å². The molecule has 5 aromatic rings. The second kappa shape index (κ2) is 8.69. The van der Waals surface area contributed by atoms with Crippen LogP contribution >= 0.6 is 11.3 Å². The molecule has 0 aliphatic heterocycles. The van der Waals surface area contributed by atoms with Crippen LogP contribution in [0.4, 0.5) is 0 Å². The number of hydrogen-bond donors (Lipinski definition) is 1. The van der Waals surface area contributed by atoms with Crippen LogP contribution in [0.15, 0.2) is 90.1 Å². The highest BCUT2D eigenvalue weighted by atomic mass is 32.1. The van der Waals surface area contributed by atoms with Crippen LogP contribution in [-0.2, 0) is 0 Å². The minimum Gasteiger partial charge on any atom is -0.345 e. The lowest BCUT2D eigenvalue weighted by molar-refractivity contribution is 0.0940. The molecule has 0 saturated heterocycles. The summed E-state index contributed by atoms with van der Waals surface area (Å²) in [5, 5.41) is 7.41. The largest absolute Gasteiger partial charge is 0.345 e. The summed E-state index contributed by atoms with van der Waals surface area (Å²) in [6, 6.07) is 19.9. The summed E-state index contributed by atoms with van der Waals surface area (Å²) in [7, 11) is 0. The van der Waals surface area contributed by atoms with Crippen molar-refractivity contribution in [1.29, 1.82) is 0 Å². The zero-order valence-electron chi connectivity index (χ0n) is 17.4. The lowest BCUT2D eigenvalue weighted by atomic mass is 10.0. The zero-order chi connectivity index (χ0) is 21.9. The van der Waals surface area contributed by atoms with Crippen LogP contribution in [0.25, 0.3) is 33.3 Å². The number of amides is 1. The maximum atomic E-state index is 13.4. The molecule has 156 valence electrons. The summed E-state index contributed by atoms with van der Waals surface area (Å²) in [4.78, 5) is 26.6. The van der Waals surface area contributed by atoms with Crippen molar-refractivity contribution in [3.8, 4) is 22.5 Å². The predicted octanol–water partition coefficient (Wildman–Crippen LogP) is 5.91. The van der Waals surface area contributed by atoms with Crippen molar-refractivity contribution in [3.05, 3.63) is 101 Å². The number of pyridine rings is 2. The molecular weight excluding hydrogens is 416 g/mol. The molecule has 5 rings (SSSR count). The van der Waals surface area contributed by atoms with Gasteiger partial charge in [-0.25, -0.2) is 4.98 Å². The molecule has 3 aromatic heterocycles. The van der Waals surface area contributed by atoms with Gasteiger partial charge in [0.05, 0.1) is 28.5 Å². The van der Waals surface area contributed by atoms with E-state index in [9.17, 15) is 4.79 Å². The van der Waals surface area contributed by atoms with Crippen molar-refractivity contribution in [1.82, 2.24) is 20.3 Å². The lowest BCUT2D eigenvalue weighted by Gasteiger charge is -2.17. The Labute approximate surface area is 189 Å². The van der Waals surface area contributed by atoms with Crippen LogP contribution in [0.5, 0.6) is 0 Å². The molecular formula is C26H20N4OS. The average Bonchev–Trinajstić information content (AvgIpc) is 3.39. The van der Waals surface area contributed by atoms with Crippen molar-refractivity contribution in [2.75, 3.05) is 0 Å². The highest BCUT2D eigenvalue weighted by Gasteiger charge is 2.19. The summed E-state index contributed by atoms with van der Waals surface area (Å²) < 4.78 is 0. The number of carbonyl (C=O) groups is 1. The summed E-state index contributed by atoms with van der Waals surface area (Å²) in [6.07, 6.45) is 5.17. The van der Waals surface area contributed by atoms with Gasteiger partial charge in [0.2, 0.25) is 0 Å². The molecule has 5 nitrogen and oxygen atoms in total. The van der Waals surface area contributed by atoms with Gasteiger partial charge in [-0.05, 0) is 47.5 Å². The minimum atomic E-state index is -0.186. The average molecular weight is 437 g/mol. The van der Waals surface area contributed by atoms with Gasteiger partial charge in [0, 0.05) is 35.1 Å². The molecule has 2 aromatic carbocycles. The van der Waals surface area contributed by atoms with E-state index < -0.39 is 0 Å². The number of hydrogen-bond acceptors (Lipinski definition) is 5. The highest BCUT2D eigenvalue weighted by Crippen LogP contribution is 2.27. The van der Waals surface area contributed by atoms with Gasteiger partial charge >= 0.3 is 0 Å². The van der Waals surface area contributed by atoms with Crippen molar-refractivity contribution >= 4 is 28.0 Å². The predicted molar refractivity (Wildman–Crippen MR) is 128 cm³/mol. The monoisotopic (exact) mass is 436 g/mol. The molecule has 6 heteroatoms. The van der Waals surface area contributed by atoms with Crippen LogP contribution in [0.3, 0.4) is 0 Å². The second-order valence-corrected chi connectivity index (χ2v) is 8.26. The summed E-state index contributed by atoms with van der Waals surface area (Å²) in [5.74, 6) is -0.186. The fourth-order valence-corrected chi connectivity index (χ4v) is 4.26.